The molecule has 0 saturated heterocycles. The van der Waals surface area contributed by atoms with Crippen LogP contribution in [0.3, 0.4) is 0 Å². The van der Waals surface area contributed by atoms with Crippen LogP contribution >= 0.6 is 0 Å². The number of imidazole rings is 1. The molecular formula is C24H27N3. The minimum absolute atomic E-state index is 0.00348. The molecule has 138 valence electrons. The molecule has 3 aromatic rings. The maximum Gasteiger partial charge on any atom is 0.187 e. The summed E-state index contributed by atoms with van der Waals surface area (Å²) in [6.07, 6.45) is 3.87. The van der Waals surface area contributed by atoms with E-state index in [1.165, 1.54) is 16.8 Å². The van der Waals surface area contributed by atoms with E-state index in [9.17, 15) is 0 Å². The number of rotatable bonds is 2. The van der Waals surface area contributed by atoms with Gasteiger partial charge in [0, 0.05) is 18.0 Å². The van der Waals surface area contributed by atoms with Gasteiger partial charge in [0.15, 0.2) is 5.69 Å². The zero-order valence-corrected chi connectivity index (χ0v) is 17.0. The Morgan fingerprint density at radius 3 is 2.04 bits per heavy atom. The SMILES string of the molecule is [C-]#[N+]c1cccc(-c2nccn2-c2c(C(C)(C)C)cccc2C(C)(C)C)c1. The molecule has 0 N–H and O–H groups in total. The van der Waals surface area contributed by atoms with Crippen molar-refractivity contribution >= 4 is 5.69 Å². The van der Waals surface area contributed by atoms with Crippen molar-refractivity contribution in [1.29, 1.82) is 0 Å². The second-order valence-corrected chi connectivity index (χ2v) is 8.98. The van der Waals surface area contributed by atoms with E-state index in [4.69, 9.17) is 6.57 Å². The molecule has 0 aliphatic rings. The van der Waals surface area contributed by atoms with E-state index >= 15 is 0 Å². The highest BCUT2D eigenvalue weighted by Gasteiger charge is 2.27. The van der Waals surface area contributed by atoms with Gasteiger partial charge in [-0.2, -0.15) is 0 Å². The first kappa shape index (κ1) is 18.9. The van der Waals surface area contributed by atoms with Crippen molar-refractivity contribution in [2.75, 3.05) is 0 Å². The molecule has 27 heavy (non-hydrogen) atoms. The fourth-order valence-electron chi connectivity index (χ4n) is 3.43. The van der Waals surface area contributed by atoms with Crippen LogP contribution in [0.1, 0.15) is 52.7 Å². The molecule has 3 rings (SSSR count). The van der Waals surface area contributed by atoms with Gasteiger partial charge >= 0.3 is 0 Å². The summed E-state index contributed by atoms with van der Waals surface area (Å²) in [6.45, 7) is 20.8. The summed E-state index contributed by atoms with van der Waals surface area (Å²) in [4.78, 5) is 8.21. The molecule has 0 unspecified atom stereocenters. The lowest BCUT2D eigenvalue weighted by atomic mass is 9.78. The molecule has 0 atom stereocenters. The van der Waals surface area contributed by atoms with Crippen LogP contribution in [-0.2, 0) is 10.8 Å². The van der Waals surface area contributed by atoms with Crippen molar-refractivity contribution in [2.45, 2.75) is 52.4 Å². The first-order chi connectivity index (χ1) is 12.6. The third-order valence-corrected chi connectivity index (χ3v) is 4.77. The largest absolute Gasteiger partial charge is 0.299 e. The number of benzene rings is 2. The molecule has 2 aromatic carbocycles. The number of nitrogens with zero attached hydrogens (tertiary/aromatic N) is 3. The molecule has 3 heteroatoms. The van der Waals surface area contributed by atoms with E-state index in [-0.39, 0.29) is 10.8 Å². The number of hydrogen-bond donors (Lipinski definition) is 0. The molecule has 0 radical (unpaired) electrons. The lowest BCUT2D eigenvalue weighted by Crippen LogP contribution is -2.22. The van der Waals surface area contributed by atoms with Crippen LogP contribution in [0.15, 0.2) is 54.9 Å². The topological polar surface area (TPSA) is 22.2 Å². The van der Waals surface area contributed by atoms with E-state index < -0.39 is 0 Å². The molecule has 0 aliphatic carbocycles. The van der Waals surface area contributed by atoms with Crippen LogP contribution in [0.4, 0.5) is 5.69 Å². The average molecular weight is 358 g/mol. The van der Waals surface area contributed by atoms with Crippen LogP contribution in [0.25, 0.3) is 21.9 Å². The van der Waals surface area contributed by atoms with E-state index in [2.05, 4.69) is 74.1 Å². The molecule has 1 aromatic heterocycles. The lowest BCUT2D eigenvalue weighted by Gasteiger charge is -2.31. The van der Waals surface area contributed by atoms with Crippen molar-refractivity contribution in [3.63, 3.8) is 0 Å². The molecule has 0 spiro atoms. The summed E-state index contributed by atoms with van der Waals surface area (Å²) in [6, 6.07) is 14.2. The molecule has 0 saturated carbocycles. The van der Waals surface area contributed by atoms with E-state index in [0.29, 0.717) is 5.69 Å². The van der Waals surface area contributed by atoms with Gasteiger partial charge in [0.05, 0.1) is 12.3 Å². The Hall–Kier alpha value is -2.86. The zero-order valence-electron chi connectivity index (χ0n) is 17.0. The van der Waals surface area contributed by atoms with Crippen LogP contribution in [0, 0.1) is 6.57 Å². The smallest absolute Gasteiger partial charge is 0.187 e. The highest BCUT2D eigenvalue weighted by atomic mass is 15.1. The van der Waals surface area contributed by atoms with Gasteiger partial charge in [0.2, 0.25) is 0 Å². The number of hydrogen-bond acceptors (Lipinski definition) is 1. The Kier molecular flexibility index (Phi) is 4.70. The highest BCUT2D eigenvalue weighted by Crippen LogP contribution is 2.38. The van der Waals surface area contributed by atoms with E-state index in [0.717, 1.165) is 11.4 Å². The van der Waals surface area contributed by atoms with Gasteiger partial charge in [-0.3, -0.25) is 4.57 Å². The molecule has 1 heterocycles. The van der Waals surface area contributed by atoms with Gasteiger partial charge < -0.3 is 0 Å². The van der Waals surface area contributed by atoms with Gasteiger partial charge in [-0.05, 0) is 28.0 Å². The third-order valence-electron chi connectivity index (χ3n) is 4.77. The second-order valence-electron chi connectivity index (χ2n) is 8.98. The predicted molar refractivity (Wildman–Crippen MR) is 113 cm³/mol. The maximum atomic E-state index is 7.31. The van der Waals surface area contributed by atoms with Crippen molar-refractivity contribution in [3.8, 4) is 17.1 Å². The van der Waals surface area contributed by atoms with Gasteiger partial charge in [0.25, 0.3) is 0 Å². The standard InChI is InChI=1S/C24H27N3/c1-23(2,3)19-12-9-13-20(24(4,5)6)21(19)27-15-14-26-22(27)17-10-8-11-18(16-17)25-7/h8-16H,1-6H3. The van der Waals surface area contributed by atoms with E-state index in [1.807, 2.05) is 36.7 Å². The van der Waals surface area contributed by atoms with Gasteiger partial charge in [-0.25, -0.2) is 9.83 Å². The molecular weight excluding hydrogens is 330 g/mol. The summed E-state index contributed by atoms with van der Waals surface area (Å²) >= 11 is 0. The van der Waals surface area contributed by atoms with Gasteiger partial charge in [-0.1, -0.05) is 77.9 Å². The summed E-state index contributed by atoms with van der Waals surface area (Å²) in [5.41, 5.74) is 5.34. The third kappa shape index (κ3) is 3.66. The summed E-state index contributed by atoms with van der Waals surface area (Å²) < 4.78 is 2.18. The Morgan fingerprint density at radius 1 is 0.889 bits per heavy atom. The highest BCUT2D eigenvalue weighted by molar-refractivity contribution is 5.67. The first-order valence-corrected chi connectivity index (χ1v) is 9.28. The molecule has 3 nitrogen and oxygen atoms in total. The zero-order chi connectivity index (χ0) is 19.8. The molecule has 0 fully saturated rings. The lowest BCUT2D eigenvalue weighted by molar-refractivity contribution is 0.562. The molecule has 0 aliphatic heterocycles. The van der Waals surface area contributed by atoms with Crippen molar-refractivity contribution < 1.29 is 0 Å². The number of aromatic nitrogens is 2. The van der Waals surface area contributed by atoms with Crippen LogP contribution in [-0.4, -0.2) is 9.55 Å². The summed E-state index contributed by atoms with van der Waals surface area (Å²) in [5.74, 6) is 0.864. The Bertz CT molecular complexity index is 973. The summed E-state index contributed by atoms with van der Waals surface area (Å²) in [5, 5.41) is 0. The Labute approximate surface area is 162 Å². The Balaban J connectivity index is 2.33. The molecule has 0 bridgehead atoms. The van der Waals surface area contributed by atoms with Crippen molar-refractivity contribution in [2.24, 2.45) is 0 Å². The summed E-state index contributed by atoms with van der Waals surface area (Å²) in [7, 11) is 0. The quantitative estimate of drug-likeness (QED) is 0.469. The number of para-hydroxylation sites is 1. The Morgan fingerprint density at radius 2 is 1.48 bits per heavy atom. The predicted octanol–water partition coefficient (Wildman–Crippen LogP) is 6.69. The molecule has 0 amide bonds. The fraction of sp³-hybridized carbons (Fsp3) is 0.333. The second kappa shape index (κ2) is 6.70. The van der Waals surface area contributed by atoms with Crippen LogP contribution in [0.5, 0.6) is 0 Å². The van der Waals surface area contributed by atoms with Gasteiger partial charge in [0.1, 0.15) is 5.82 Å². The fourth-order valence-corrected chi connectivity index (χ4v) is 3.43. The van der Waals surface area contributed by atoms with Crippen LogP contribution in [0.2, 0.25) is 0 Å². The maximum absolute atomic E-state index is 7.31. The minimum Gasteiger partial charge on any atom is -0.299 e. The first-order valence-electron chi connectivity index (χ1n) is 9.28. The van der Waals surface area contributed by atoms with Crippen molar-refractivity contribution in [3.05, 3.63) is 77.4 Å². The van der Waals surface area contributed by atoms with Gasteiger partial charge in [-0.15, -0.1) is 0 Å². The average Bonchev–Trinajstić information content (AvgIpc) is 3.09. The van der Waals surface area contributed by atoms with Crippen LogP contribution < -0.4 is 0 Å². The van der Waals surface area contributed by atoms with E-state index in [1.54, 1.807) is 0 Å². The minimum atomic E-state index is -0.00348. The normalized spacial score (nSPS) is 12.0. The monoisotopic (exact) mass is 357 g/mol. The van der Waals surface area contributed by atoms with Crippen molar-refractivity contribution in [1.82, 2.24) is 9.55 Å².